The average molecular weight is 2000 g/mol. The molecule has 0 spiro atoms. The van der Waals surface area contributed by atoms with Gasteiger partial charge in [0.1, 0.15) is 195 Å². The van der Waals surface area contributed by atoms with E-state index >= 15 is 0 Å². The second-order valence-electron chi connectivity index (χ2n) is 39.1. The predicted molar refractivity (Wildman–Crippen MR) is 478 cm³/mol. The van der Waals surface area contributed by atoms with Crippen LogP contribution in [0.25, 0.3) is 0 Å². The molecular formula is C94H166O44. The third kappa shape index (κ3) is 32.5. The second-order valence-corrected chi connectivity index (χ2v) is 39.1. The Labute approximate surface area is 806 Å². The lowest BCUT2D eigenvalue weighted by Crippen LogP contribution is -2.65. The van der Waals surface area contributed by atoms with Crippen molar-refractivity contribution in [1.82, 2.24) is 0 Å². The first kappa shape index (κ1) is 119. The molecule has 138 heavy (non-hydrogen) atoms. The van der Waals surface area contributed by atoms with E-state index in [0.29, 0.717) is 49.7 Å². The molecule has 0 aromatic heterocycles. The second kappa shape index (κ2) is 60.2. The minimum absolute atomic E-state index is 0.0871. The zero-order chi connectivity index (χ0) is 101. The van der Waals surface area contributed by atoms with Crippen molar-refractivity contribution in [2.24, 2.45) is 10.8 Å². The number of ether oxygens (including phenoxy) is 16. The summed E-state index contributed by atoms with van der Waals surface area (Å²) in [5, 5.41) is 312. The Morgan fingerprint density at radius 1 is 0.210 bits per heavy atom. The van der Waals surface area contributed by atoms with Crippen LogP contribution in [-0.2, 0) is 88.6 Å². The van der Waals surface area contributed by atoms with Gasteiger partial charge < -0.3 is 219 Å². The lowest BCUT2D eigenvalue weighted by Gasteiger charge is -2.47. The first-order valence-corrected chi connectivity index (χ1v) is 50.2. The highest BCUT2D eigenvalue weighted by atomic mass is 16.8. The van der Waals surface area contributed by atoms with E-state index in [1.807, 2.05) is 0 Å². The van der Waals surface area contributed by atoms with Crippen LogP contribution in [0.1, 0.15) is 218 Å². The highest BCUT2D eigenvalue weighted by Crippen LogP contribution is 2.44. The molecule has 8 aliphatic rings. The van der Waals surface area contributed by atoms with Gasteiger partial charge in [0.25, 0.3) is 0 Å². The van der Waals surface area contributed by atoms with E-state index in [0.717, 1.165) is 103 Å². The Morgan fingerprint density at radius 2 is 0.384 bits per heavy atom. The van der Waals surface area contributed by atoms with Gasteiger partial charge in [-0.25, -0.2) is 0 Å². The van der Waals surface area contributed by atoms with Crippen molar-refractivity contribution in [2.75, 3.05) is 79.3 Å². The van der Waals surface area contributed by atoms with E-state index in [1.165, 1.54) is 38.5 Å². The monoisotopic (exact) mass is 2000 g/mol. The third-order valence-electron chi connectivity index (χ3n) is 28.4. The minimum atomic E-state index is -2.11. The zero-order valence-electron chi connectivity index (χ0n) is 79.6. The topological polar surface area (TPSA) is 714 Å². The molecule has 9 rings (SSSR count). The molecule has 0 saturated carbocycles. The van der Waals surface area contributed by atoms with E-state index in [1.54, 1.807) is 24.3 Å². The van der Waals surface area contributed by atoms with Gasteiger partial charge in [-0.15, -0.1) is 0 Å². The number of aliphatic hydroxyl groups is 28. The molecule has 0 amide bonds. The molecule has 41 atom stereocenters. The Morgan fingerprint density at radius 3 is 0.572 bits per heavy atom. The van der Waals surface area contributed by atoms with Crippen LogP contribution in [0.4, 0.5) is 0 Å². The van der Waals surface area contributed by atoms with E-state index in [-0.39, 0.29) is 25.7 Å². The quantitative estimate of drug-likeness (QED) is 0.0272. The summed E-state index contributed by atoms with van der Waals surface area (Å²) in [6, 6.07) is 6.91. The maximum atomic E-state index is 12.3. The van der Waals surface area contributed by atoms with Crippen LogP contribution in [0, 0.1) is 10.8 Å². The van der Waals surface area contributed by atoms with Crippen LogP contribution >= 0.6 is 0 Å². The largest absolute Gasteiger partial charge is 0.394 e. The standard InChI is InChI=1S/C94H166O44/c1-3-5-7-9-11-13-15-17-19-21-23-25-27-31-35-93(47-123-85-77(119)69(111)81(57(43-99)131-85)135-89-73(115)65(107)61(103)53(39-95)127-89,48-124-86-78(120)70(112)82(58(44-100)132-86)136-90-74(116)66(108)62(104)54(40-96)128-90)37-51-33-29-30-34-52(51)38-94(36-32-28-26-24-22-20-18-16-14-12-10-8-6-4-2,49-125-87-79(121)71(113)83(59(45-101)133-87)137-91-75(117)67(109)63(105)55(41-97)129-91)50-126-88-80(122)72(114)84(60(46-102)134-88)138-92-76(118)68(110)64(106)56(42-98)130-92/h29-30,33-34,53-92,95-122H,3-28,31-32,35-50H2,1-2H3/t53?,54?,55?,56?,57?,58?,59?,60?,61-,62-,63-,64-,65+,66+,67+,68+,69-,70-,71-,72-,73?,74?,75?,76?,77?,78?,79?,80?,81-,82-,83-,84-,85-,86-,87-,88-,89-,90+,91+,92+,93?,94?/m1/s1. The lowest BCUT2D eigenvalue weighted by molar-refractivity contribution is -0.365. The Hall–Kier alpha value is -2.54. The first-order valence-electron chi connectivity index (χ1n) is 50.2. The minimum Gasteiger partial charge on any atom is -0.394 e. The van der Waals surface area contributed by atoms with Crippen LogP contribution in [-0.4, -0.2) is 468 Å². The summed E-state index contributed by atoms with van der Waals surface area (Å²) in [5.74, 6) is 0. The van der Waals surface area contributed by atoms with Gasteiger partial charge in [-0.1, -0.05) is 218 Å². The van der Waals surface area contributed by atoms with Crippen molar-refractivity contribution in [2.45, 2.75) is 465 Å². The molecule has 0 aliphatic carbocycles. The van der Waals surface area contributed by atoms with Gasteiger partial charge in [0.15, 0.2) is 50.3 Å². The van der Waals surface area contributed by atoms with Gasteiger partial charge in [0.05, 0.1) is 79.3 Å². The molecule has 1 aromatic carbocycles. The fraction of sp³-hybridized carbons (Fsp3) is 0.936. The first-order chi connectivity index (χ1) is 66.3. The number of hydrogen-bond acceptors (Lipinski definition) is 44. The van der Waals surface area contributed by atoms with Crippen molar-refractivity contribution in [1.29, 1.82) is 0 Å². The molecule has 0 bridgehead atoms. The van der Waals surface area contributed by atoms with Crippen molar-refractivity contribution in [3.8, 4) is 0 Å². The number of unbranched alkanes of at least 4 members (excludes halogenated alkanes) is 26. The molecule has 0 radical (unpaired) electrons. The molecular weight excluding hydrogens is 1830 g/mol. The molecule has 8 saturated heterocycles. The zero-order valence-corrected chi connectivity index (χ0v) is 79.6. The van der Waals surface area contributed by atoms with Gasteiger partial charge >= 0.3 is 0 Å². The molecule has 8 aliphatic heterocycles. The summed E-state index contributed by atoms with van der Waals surface area (Å²) in [4.78, 5) is 0. The maximum Gasteiger partial charge on any atom is 0.187 e. The number of benzene rings is 1. The number of aliphatic hydroxyl groups excluding tert-OH is 28. The molecule has 1 aromatic rings. The third-order valence-corrected chi connectivity index (χ3v) is 28.4. The maximum absolute atomic E-state index is 12.3. The molecule has 8 heterocycles. The van der Waals surface area contributed by atoms with Crippen molar-refractivity contribution in [3.05, 3.63) is 35.4 Å². The molecule has 44 nitrogen and oxygen atoms in total. The van der Waals surface area contributed by atoms with Gasteiger partial charge in [0.2, 0.25) is 0 Å². The van der Waals surface area contributed by atoms with Crippen LogP contribution < -0.4 is 0 Å². The van der Waals surface area contributed by atoms with Gasteiger partial charge in [-0.2, -0.15) is 0 Å². The fourth-order valence-corrected chi connectivity index (χ4v) is 19.7. The van der Waals surface area contributed by atoms with Crippen LogP contribution in [0.15, 0.2) is 24.3 Å². The van der Waals surface area contributed by atoms with E-state index < -0.39 is 336 Å². The summed E-state index contributed by atoms with van der Waals surface area (Å²) >= 11 is 0. The van der Waals surface area contributed by atoms with Crippen LogP contribution in [0.3, 0.4) is 0 Å². The Kier molecular flexibility index (Phi) is 51.9. The van der Waals surface area contributed by atoms with Crippen LogP contribution in [0.2, 0.25) is 0 Å². The average Bonchev–Trinajstić information content (AvgIpc) is 0.722. The summed E-state index contributed by atoms with van der Waals surface area (Å²) in [5.41, 5.74) is -2.17. The normalized spacial score (nSPS) is 39.8. The smallest absolute Gasteiger partial charge is 0.187 e. The predicted octanol–water partition coefficient (Wildman–Crippen LogP) is -4.95. The summed E-state index contributed by atoms with van der Waals surface area (Å²) in [6.07, 6.45) is -48.2. The van der Waals surface area contributed by atoms with Crippen molar-refractivity contribution < 1.29 is 219 Å². The van der Waals surface area contributed by atoms with Gasteiger partial charge in [0, 0.05) is 10.8 Å². The number of hydrogen-bond donors (Lipinski definition) is 28. The van der Waals surface area contributed by atoms with E-state index in [2.05, 4.69) is 13.8 Å². The van der Waals surface area contributed by atoms with Crippen molar-refractivity contribution >= 4 is 0 Å². The summed E-state index contributed by atoms with van der Waals surface area (Å²) in [6.45, 7) is -5.33. The Balaban J connectivity index is 1.12. The summed E-state index contributed by atoms with van der Waals surface area (Å²) < 4.78 is 98.1. The van der Waals surface area contributed by atoms with Crippen molar-refractivity contribution in [3.63, 3.8) is 0 Å². The Bertz CT molecular complexity index is 3030. The van der Waals surface area contributed by atoms with Gasteiger partial charge in [-0.3, -0.25) is 0 Å². The van der Waals surface area contributed by atoms with Gasteiger partial charge in [-0.05, 0) is 36.8 Å². The molecule has 17 unspecified atom stereocenters. The van der Waals surface area contributed by atoms with Crippen LogP contribution in [0.5, 0.6) is 0 Å². The molecule has 8 fully saturated rings. The fourth-order valence-electron chi connectivity index (χ4n) is 19.7. The highest BCUT2D eigenvalue weighted by molar-refractivity contribution is 5.30. The lowest BCUT2D eigenvalue weighted by atomic mass is 9.73. The highest BCUT2D eigenvalue weighted by Gasteiger charge is 2.58. The van der Waals surface area contributed by atoms with E-state index in [4.69, 9.17) is 75.8 Å². The number of rotatable bonds is 62. The molecule has 44 heteroatoms. The SMILES string of the molecule is CCCCCCCCCCCCCCCCC(CO[C@@H]1OC(CO)[C@@H](O[C@H]2OC(CO)[C@@H](O)[C@H](O)C2O)[C@H](O)C1O)(CO[C@@H]1OC(CO)[C@@H](O[C@@H]2OC(CO)[C@@H](O)[C@H](O)C2O)[C@H](O)C1O)Cc1ccccc1CC(CCCCCCCCCCCCCCCC)(CO[C@@H]1OC(CO)[C@@H](O[C@@H]2OC(CO)[C@@H](O)[C@H](O)C2O)[C@H](O)C1O)CO[C@@H]1OC(CO)[C@@H](O[C@@H]2OC(CO)[C@@H](O)[C@H](O)C2O)[C@H](O)C1O. The summed E-state index contributed by atoms with van der Waals surface area (Å²) in [7, 11) is 0. The molecule has 28 N–H and O–H groups in total. The molecule has 806 valence electrons. The van der Waals surface area contributed by atoms with E-state index in [9.17, 15) is 143 Å².